The van der Waals surface area contributed by atoms with Crippen molar-refractivity contribution in [1.29, 1.82) is 0 Å². The van der Waals surface area contributed by atoms with E-state index in [1.54, 1.807) is 4.57 Å². The van der Waals surface area contributed by atoms with Crippen LogP contribution in [0.5, 0.6) is 0 Å². The molecule has 25 heavy (non-hydrogen) atoms. The largest absolute Gasteiger partial charge is 0.352 e. The Labute approximate surface area is 147 Å². The molecule has 3 rings (SSSR count). The van der Waals surface area contributed by atoms with E-state index in [2.05, 4.69) is 22.5 Å². The molecule has 0 radical (unpaired) electrons. The van der Waals surface area contributed by atoms with Gasteiger partial charge in [0.15, 0.2) is 0 Å². The van der Waals surface area contributed by atoms with Gasteiger partial charge in [-0.15, -0.1) is 0 Å². The van der Waals surface area contributed by atoms with Gasteiger partial charge in [-0.3, -0.25) is 9.36 Å². The molecule has 6 nitrogen and oxygen atoms in total. The first kappa shape index (κ1) is 17.5. The highest BCUT2D eigenvalue weighted by atomic mass is 16.2. The molecule has 1 aliphatic heterocycles. The zero-order valence-electron chi connectivity index (χ0n) is 14.8. The quantitative estimate of drug-likeness (QED) is 0.872. The fourth-order valence-corrected chi connectivity index (χ4v) is 3.28. The molecule has 2 aromatic rings. The molecule has 0 bridgehead atoms. The van der Waals surface area contributed by atoms with E-state index in [0.29, 0.717) is 6.54 Å². The maximum absolute atomic E-state index is 12.4. The zero-order chi connectivity index (χ0) is 17.6. The average molecular weight is 342 g/mol. The number of hydrogen-bond acceptors (Lipinski definition) is 3. The molecule has 1 atom stereocenters. The minimum Gasteiger partial charge on any atom is -0.352 e. The summed E-state index contributed by atoms with van der Waals surface area (Å²) in [4.78, 5) is 24.6. The van der Waals surface area contributed by atoms with Gasteiger partial charge in [-0.2, -0.15) is 5.10 Å². The van der Waals surface area contributed by atoms with Crippen LogP contribution in [0.4, 0.5) is 0 Å². The summed E-state index contributed by atoms with van der Waals surface area (Å²) in [5.74, 6) is 0.656. The smallest absolute Gasteiger partial charge is 0.346 e. The molecule has 134 valence electrons. The van der Waals surface area contributed by atoms with Crippen LogP contribution in [0.15, 0.2) is 35.1 Å². The van der Waals surface area contributed by atoms with Crippen LogP contribution in [0, 0.1) is 0 Å². The topological polar surface area (TPSA) is 68.9 Å². The Morgan fingerprint density at radius 2 is 2.04 bits per heavy atom. The number of hydrogen-bond donors (Lipinski definition) is 1. The molecule has 2 heterocycles. The van der Waals surface area contributed by atoms with Crippen molar-refractivity contribution in [2.45, 2.75) is 64.6 Å². The fraction of sp³-hybridized carbons (Fsp3) is 0.526. The average Bonchev–Trinajstić information content (AvgIpc) is 2.78. The van der Waals surface area contributed by atoms with Crippen LogP contribution >= 0.6 is 0 Å². The highest BCUT2D eigenvalue weighted by Gasteiger charge is 2.17. The molecule has 0 saturated carbocycles. The SMILES string of the molecule is CC(CCc1ccccc1)NC(=O)Cn1nc2n(c1=O)CCCCC2. The predicted molar refractivity (Wildman–Crippen MR) is 96.4 cm³/mol. The number of carbonyl (C=O) groups excluding carboxylic acids is 1. The predicted octanol–water partition coefficient (Wildman–Crippen LogP) is 1.91. The van der Waals surface area contributed by atoms with Gasteiger partial charge < -0.3 is 5.32 Å². The normalized spacial score (nSPS) is 15.2. The van der Waals surface area contributed by atoms with Crippen molar-refractivity contribution in [2.75, 3.05) is 0 Å². The van der Waals surface area contributed by atoms with Gasteiger partial charge in [0, 0.05) is 19.0 Å². The summed E-state index contributed by atoms with van der Waals surface area (Å²) >= 11 is 0. The van der Waals surface area contributed by atoms with E-state index >= 15 is 0 Å². The number of amides is 1. The maximum Gasteiger partial charge on any atom is 0.346 e. The number of benzene rings is 1. The Balaban J connectivity index is 1.53. The van der Waals surface area contributed by atoms with Gasteiger partial charge in [0.1, 0.15) is 12.4 Å². The van der Waals surface area contributed by atoms with Crippen LogP contribution in [0.25, 0.3) is 0 Å². The van der Waals surface area contributed by atoms with Crippen molar-refractivity contribution in [3.8, 4) is 0 Å². The second-order valence-corrected chi connectivity index (χ2v) is 6.81. The standard InChI is InChI=1S/C19H26N4O2/c1-15(11-12-16-8-4-2-5-9-16)20-18(24)14-23-19(25)22-13-7-3-6-10-17(22)21-23/h2,4-5,8-9,15H,3,6-7,10-14H2,1H3,(H,20,24). The van der Waals surface area contributed by atoms with E-state index in [1.165, 1.54) is 10.2 Å². The molecule has 0 aliphatic carbocycles. The van der Waals surface area contributed by atoms with Crippen LogP contribution < -0.4 is 11.0 Å². The number of fused-ring (bicyclic) bond motifs is 1. The van der Waals surface area contributed by atoms with Crippen molar-refractivity contribution in [2.24, 2.45) is 0 Å². The molecule has 0 spiro atoms. The van der Waals surface area contributed by atoms with E-state index in [0.717, 1.165) is 44.3 Å². The van der Waals surface area contributed by atoms with Crippen LogP contribution in [0.3, 0.4) is 0 Å². The van der Waals surface area contributed by atoms with E-state index in [-0.39, 0.29) is 24.2 Å². The minimum atomic E-state index is -0.163. The number of aryl methyl sites for hydroxylation is 2. The third-order valence-electron chi connectivity index (χ3n) is 4.69. The lowest BCUT2D eigenvalue weighted by atomic mass is 10.1. The second kappa shape index (κ2) is 8.14. The summed E-state index contributed by atoms with van der Waals surface area (Å²) in [6, 6.07) is 10.3. The van der Waals surface area contributed by atoms with Gasteiger partial charge in [0.2, 0.25) is 5.91 Å². The van der Waals surface area contributed by atoms with Crippen molar-refractivity contribution < 1.29 is 4.79 Å². The Morgan fingerprint density at radius 3 is 2.84 bits per heavy atom. The summed E-state index contributed by atoms with van der Waals surface area (Å²) in [6.45, 7) is 2.70. The molecule has 0 saturated heterocycles. The van der Waals surface area contributed by atoms with Gasteiger partial charge in [0.25, 0.3) is 0 Å². The number of nitrogens with zero attached hydrogens (tertiary/aromatic N) is 3. The first-order valence-corrected chi connectivity index (χ1v) is 9.13. The van der Waals surface area contributed by atoms with Crippen molar-refractivity contribution in [1.82, 2.24) is 19.7 Å². The monoisotopic (exact) mass is 342 g/mol. The minimum absolute atomic E-state index is 0.00545. The summed E-state index contributed by atoms with van der Waals surface area (Å²) in [7, 11) is 0. The van der Waals surface area contributed by atoms with Crippen LogP contribution in [0.1, 0.15) is 44.0 Å². The van der Waals surface area contributed by atoms with Gasteiger partial charge in [0.05, 0.1) is 0 Å². The number of rotatable bonds is 6. The summed E-state index contributed by atoms with van der Waals surface area (Å²) in [5.41, 5.74) is 1.10. The Kier molecular flexibility index (Phi) is 5.68. The lowest BCUT2D eigenvalue weighted by molar-refractivity contribution is -0.122. The van der Waals surface area contributed by atoms with Crippen molar-refractivity contribution in [3.05, 3.63) is 52.2 Å². The summed E-state index contributed by atoms with van der Waals surface area (Å²) < 4.78 is 3.03. The lowest BCUT2D eigenvalue weighted by Gasteiger charge is -2.13. The molecule has 1 unspecified atom stereocenters. The third kappa shape index (κ3) is 4.59. The number of aromatic nitrogens is 3. The third-order valence-corrected chi connectivity index (χ3v) is 4.69. The van der Waals surface area contributed by atoms with E-state index in [4.69, 9.17) is 0 Å². The van der Waals surface area contributed by atoms with Gasteiger partial charge >= 0.3 is 5.69 Å². The molecule has 0 fully saturated rings. The molecule has 1 aliphatic rings. The molecule has 1 amide bonds. The molecule has 1 N–H and O–H groups in total. The Morgan fingerprint density at radius 1 is 1.24 bits per heavy atom. The number of carbonyl (C=O) groups is 1. The summed E-state index contributed by atoms with van der Waals surface area (Å²) in [6.07, 6.45) is 5.78. The Bertz CT molecular complexity index is 763. The molecule has 1 aromatic heterocycles. The van der Waals surface area contributed by atoms with Crippen molar-refractivity contribution in [3.63, 3.8) is 0 Å². The fourth-order valence-electron chi connectivity index (χ4n) is 3.28. The van der Waals surface area contributed by atoms with Gasteiger partial charge in [-0.25, -0.2) is 9.48 Å². The molecular formula is C19H26N4O2. The molecular weight excluding hydrogens is 316 g/mol. The first-order chi connectivity index (χ1) is 12.1. The van der Waals surface area contributed by atoms with Gasteiger partial charge in [-0.05, 0) is 38.2 Å². The maximum atomic E-state index is 12.4. The van der Waals surface area contributed by atoms with Crippen LogP contribution in [-0.2, 0) is 30.7 Å². The van der Waals surface area contributed by atoms with Crippen LogP contribution in [-0.4, -0.2) is 26.3 Å². The van der Waals surface area contributed by atoms with Crippen molar-refractivity contribution >= 4 is 5.91 Å². The van der Waals surface area contributed by atoms with Gasteiger partial charge in [-0.1, -0.05) is 36.8 Å². The number of nitrogens with one attached hydrogen (secondary N) is 1. The lowest BCUT2D eigenvalue weighted by Crippen LogP contribution is -2.38. The zero-order valence-corrected chi connectivity index (χ0v) is 14.8. The highest BCUT2D eigenvalue weighted by molar-refractivity contribution is 5.75. The second-order valence-electron chi connectivity index (χ2n) is 6.81. The molecule has 1 aromatic carbocycles. The van der Waals surface area contributed by atoms with E-state index < -0.39 is 0 Å². The van der Waals surface area contributed by atoms with E-state index in [1.807, 2.05) is 25.1 Å². The summed E-state index contributed by atoms with van der Waals surface area (Å²) in [5, 5.41) is 7.33. The molecule has 6 heteroatoms. The first-order valence-electron chi connectivity index (χ1n) is 9.13. The van der Waals surface area contributed by atoms with Crippen LogP contribution in [0.2, 0.25) is 0 Å². The van der Waals surface area contributed by atoms with E-state index in [9.17, 15) is 9.59 Å². The Hall–Kier alpha value is -2.37. The highest BCUT2D eigenvalue weighted by Crippen LogP contribution is 2.10.